The van der Waals surface area contributed by atoms with Crippen LogP contribution in [0.5, 0.6) is 5.75 Å². The molecule has 0 aliphatic rings. The summed E-state index contributed by atoms with van der Waals surface area (Å²) in [5.41, 5.74) is 3.89. The van der Waals surface area contributed by atoms with Crippen LogP contribution >= 0.6 is 0 Å². The Kier molecular flexibility index (Phi) is 8.18. The Hall–Kier alpha value is -3.36. The fourth-order valence-corrected chi connectivity index (χ4v) is 2.94. The molecule has 1 aromatic heterocycles. The number of para-hydroxylation sites is 1. The Balaban J connectivity index is 0.000000423. The number of rotatable bonds is 6. The Morgan fingerprint density at radius 2 is 1.84 bits per heavy atom. The molecular weight excluding hydrogens is 416 g/mol. The highest BCUT2D eigenvalue weighted by Gasteiger charge is 2.38. The van der Waals surface area contributed by atoms with Crippen molar-refractivity contribution in [3.8, 4) is 17.0 Å². The number of carboxylic acids is 1. The summed E-state index contributed by atoms with van der Waals surface area (Å²) in [7, 11) is 1.68. The maximum atomic E-state index is 13.6. The van der Waals surface area contributed by atoms with E-state index in [2.05, 4.69) is 22.5 Å². The van der Waals surface area contributed by atoms with Gasteiger partial charge >= 0.3 is 12.1 Å². The second-order valence-electron chi connectivity index (χ2n) is 6.54. The molecule has 1 N–H and O–H groups in total. The van der Waals surface area contributed by atoms with Crippen LogP contribution in [-0.2, 0) is 17.8 Å². The molecule has 0 bridgehead atoms. The number of ether oxygens (including phenoxy) is 1. The molecule has 0 radical (unpaired) electrons. The molecule has 0 aliphatic heterocycles. The monoisotopic (exact) mass is 438 g/mol. The zero-order chi connectivity index (χ0) is 23.0. The van der Waals surface area contributed by atoms with Gasteiger partial charge in [0.25, 0.3) is 0 Å². The highest BCUT2D eigenvalue weighted by Crippen LogP contribution is 2.26. The van der Waals surface area contributed by atoms with E-state index < -0.39 is 12.1 Å². The van der Waals surface area contributed by atoms with Crippen LogP contribution in [0.4, 0.5) is 17.6 Å². The van der Waals surface area contributed by atoms with Gasteiger partial charge < -0.3 is 14.4 Å². The second kappa shape index (κ2) is 10.6. The molecular formula is C22H22F4N2O3. The highest BCUT2D eigenvalue weighted by molar-refractivity contribution is 5.73. The van der Waals surface area contributed by atoms with Crippen LogP contribution in [0.1, 0.15) is 24.6 Å². The molecule has 1 heterocycles. The molecule has 166 valence electrons. The summed E-state index contributed by atoms with van der Waals surface area (Å²) in [6.07, 6.45) is -1.36. The van der Waals surface area contributed by atoms with Crippen molar-refractivity contribution in [1.29, 1.82) is 0 Å². The first kappa shape index (κ1) is 23.9. The van der Waals surface area contributed by atoms with Crippen molar-refractivity contribution < 1.29 is 32.2 Å². The van der Waals surface area contributed by atoms with Crippen LogP contribution < -0.4 is 4.74 Å². The van der Waals surface area contributed by atoms with Gasteiger partial charge in [-0.3, -0.25) is 0 Å². The third-order valence-electron chi connectivity index (χ3n) is 4.31. The second-order valence-corrected chi connectivity index (χ2v) is 6.54. The van der Waals surface area contributed by atoms with E-state index in [1.807, 2.05) is 30.6 Å². The SMILES string of the molecule is CCCc1c(-c2cccc(F)c2)ncn1Cc1ccccc1OC.O=C(O)C(F)(F)F. The molecule has 31 heavy (non-hydrogen) atoms. The minimum absolute atomic E-state index is 0.241. The summed E-state index contributed by atoms with van der Waals surface area (Å²) in [4.78, 5) is 13.4. The third-order valence-corrected chi connectivity index (χ3v) is 4.31. The van der Waals surface area contributed by atoms with Gasteiger partial charge in [-0.05, 0) is 24.6 Å². The quantitative estimate of drug-likeness (QED) is 0.529. The van der Waals surface area contributed by atoms with E-state index in [0.29, 0.717) is 6.54 Å². The Morgan fingerprint density at radius 1 is 1.16 bits per heavy atom. The van der Waals surface area contributed by atoms with Gasteiger partial charge in [-0.2, -0.15) is 13.2 Å². The summed E-state index contributed by atoms with van der Waals surface area (Å²) < 4.78 is 52.9. The number of hydrogen-bond acceptors (Lipinski definition) is 3. The van der Waals surface area contributed by atoms with E-state index in [0.717, 1.165) is 41.1 Å². The number of carboxylic acid groups (broad SMARTS) is 1. The lowest BCUT2D eigenvalue weighted by Gasteiger charge is -2.12. The van der Waals surface area contributed by atoms with Crippen LogP contribution in [0.2, 0.25) is 0 Å². The van der Waals surface area contributed by atoms with Crippen LogP contribution in [0.15, 0.2) is 54.9 Å². The van der Waals surface area contributed by atoms with Gasteiger partial charge in [-0.25, -0.2) is 14.2 Å². The average molecular weight is 438 g/mol. The third kappa shape index (κ3) is 6.56. The lowest BCUT2D eigenvalue weighted by atomic mass is 10.1. The Labute approximate surface area is 176 Å². The number of hydrogen-bond donors (Lipinski definition) is 1. The van der Waals surface area contributed by atoms with Gasteiger partial charge in [0.1, 0.15) is 11.6 Å². The number of nitrogens with zero attached hydrogens (tertiary/aromatic N) is 2. The first-order chi connectivity index (χ1) is 14.7. The number of halogens is 4. The number of aromatic nitrogens is 2. The molecule has 0 saturated carbocycles. The van der Waals surface area contributed by atoms with Crippen LogP contribution in [0.25, 0.3) is 11.3 Å². The van der Waals surface area contributed by atoms with Gasteiger partial charge in [0, 0.05) is 16.8 Å². The average Bonchev–Trinajstić information content (AvgIpc) is 3.11. The van der Waals surface area contributed by atoms with Gasteiger partial charge in [0.2, 0.25) is 0 Å². The summed E-state index contributed by atoms with van der Waals surface area (Å²) in [5.74, 6) is -2.14. The summed E-state index contributed by atoms with van der Waals surface area (Å²) in [5, 5.41) is 7.12. The largest absolute Gasteiger partial charge is 0.496 e. The number of imidazole rings is 1. The van der Waals surface area contributed by atoms with Crippen molar-refractivity contribution in [2.75, 3.05) is 7.11 Å². The standard InChI is InChI=1S/C20H21FN2O.C2HF3O2/c1-3-7-18-20(15-9-6-10-17(21)12-15)22-14-23(18)13-16-8-4-5-11-19(16)24-2;3-2(4,5)1(6)7/h4-6,8-12,14H,3,7,13H2,1-2H3;(H,6,7). The number of aliphatic carboxylic acids is 1. The first-order valence-electron chi connectivity index (χ1n) is 9.39. The molecule has 0 aliphatic carbocycles. The van der Waals surface area contributed by atoms with Crippen molar-refractivity contribution in [3.63, 3.8) is 0 Å². The van der Waals surface area contributed by atoms with E-state index in [1.54, 1.807) is 13.2 Å². The van der Waals surface area contributed by atoms with Crippen molar-refractivity contribution in [2.24, 2.45) is 0 Å². The Morgan fingerprint density at radius 3 is 2.42 bits per heavy atom. The van der Waals surface area contributed by atoms with Crippen LogP contribution in [0, 0.1) is 5.82 Å². The molecule has 0 spiro atoms. The van der Waals surface area contributed by atoms with Crippen molar-refractivity contribution in [2.45, 2.75) is 32.5 Å². The minimum Gasteiger partial charge on any atom is -0.496 e. The number of methoxy groups -OCH3 is 1. The molecule has 3 rings (SSSR count). The zero-order valence-electron chi connectivity index (χ0n) is 17.0. The molecule has 0 unspecified atom stereocenters. The van der Waals surface area contributed by atoms with E-state index in [-0.39, 0.29) is 5.82 Å². The number of alkyl halides is 3. The van der Waals surface area contributed by atoms with E-state index in [4.69, 9.17) is 14.6 Å². The van der Waals surface area contributed by atoms with Crippen molar-refractivity contribution >= 4 is 5.97 Å². The molecule has 5 nitrogen and oxygen atoms in total. The molecule has 9 heteroatoms. The van der Waals surface area contributed by atoms with Gasteiger partial charge in [0.05, 0.1) is 25.7 Å². The zero-order valence-corrected chi connectivity index (χ0v) is 17.0. The van der Waals surface area contributed by atoms with E-state index >= 15 is 0 Å². The predicted molar refractivity (Wildman–Crippen MR) is 107 cm³/mol. The fourth-order valence-electron chi connectivity index (χ4n) is 2.94. The minimum atomic E-state index is -5.08. The number of carbonyl (C=O) groups is 1. The van der Waals surface area contributed by atoms with Crippen molar-refractivity contribution in [1.82, 2.24) is 9.55 Å². The molecule has 0 fully saturated rings. The van der Waals surface area contributed by atoms with E-state index in [1.165, 1.54) is 12.1 Å². The van der Waals surface area contributed by atoms with Gasteiger partial charge in [0.15, 0.2) is 0 Å². The van der Waals surface area contributed by atoms with Gasteiger partial charge in [-0.1, -0.05) is 43.7 Å². The maximum Gasteiger partial charge on any atom is 0.490 e. The first-order valence-corrected chi connectivity index (χ1v) is 9.39. The molecule has 3 aromatic rings. The summed E-state index contributed by atoms with van der Waals surface area (Å²) in [6.45, 7) is 2.82. The summed E-state index contributed by atoms with van der Waals surface area (Å²) >= 11 is 0. The summed E-state index contributed by atoms with van der Waals surface area (Å²) in [6, 6.07) is 14.6. The molecule has 0 atom stereocenters. The van der Waals surface area contributed by atoms with Crippen molar-refractivity contribution in [3.05, 3.63) is 71.9 Å². The van der Waals surface area contributed by atoms with Crippen LogP contribution in [-0.4, -0.2) is 33.9 Å². The molecule has 0 amide bonds. The fraction of sp³-hybridized carbons (Fsp3) is 0.273. The molecule has 2 aromatic carbocycles. The maximum absolute atomic E-state index is 13.6. The smallest absolute Gasteiger partial charge is 0.490 e. The lowest BCUT2D eigenvalue weighted by molar-refractivity contribution is -0.192. The van der Waals surface area contributed by atoms with Gasteiger partial charge in [-0.15, -0.1) is 0 Å². The molecule has 0 saturated heterocycles. The predicted octanol–water partition coefficient (Wildman–Crippen LogP) is 5.33. The number of benzene rings is 2. The topological polar surface area (TPSA) is 64.4 Å². The lowest BCUT2D eigenvalue weighted by Crippen LogP contribution is -2.21. The Bertz CT molecular complexity index is 1020. The van der Waals surface area contributed by atoms with E-state index in [9.17, 15) is 17.6 Å². The van der Waals surface area contributed by atoms with Crippen LogP contribution in [0.3, 0.4) is 0 Å². The normalized spacial score (nSPS) is 10.9. The highest BCUT2D eigenvalue weighted by atomic mass is 19.4.